The summed E-state index contributed by atoms with van der Waals surface area (Å²) in [6.07, 6.45) is 4.32. The van der Waals surface area contributed by atoms with Crippen molar-refractivity contribution < 1.29 is 5.11 Å². The van der Waals surface area contributed by atoms with Gasteiger partial charge < -0.3 is 10.4 Å². The molecule has 2 aromatic heterocycles. The summed E-state index contributed by atoms with van der Waals surface area (Å²) >= 11 is 0. The molecule has 0 aliphatic rings. The van der Waals surface area contributed by atoms with Crippen molar-refractivity contribution in [2.75, 3.05) is 11.9 Å². The molecule has 0 bridgehead atoms. The van der Waals surface area contributed by atoms with Crippen molar-refractivity contribution in [1.29, 1.82) is 0 Å². The van der Waals surface area contributed by atoms with Crippen molar-refractivity contribution in [3.8, 4) is 0 Å². The highest BCUT2D eigenvalue weighted by molar-refractivity contribution is 5.68. The van der Waals surface area contributed by atoms with Crippen LogP contribution in [0.5, 0.6) is 0 Å². The molecule has 0 aliphatic carbocycles. The second-order valence-electron chi connectivity index (χ2n) is 6.78. The minimum Gasteiger partial charge on any atom is -0.388 e. The molecule has 1 unspecified atom stereocenters. The Morgan fingerprint density at radius 2 is 2.05 bits per heavy atom. The molecule has 116 valence electrons. The highest BCUT2D eigenvalue weighted by Gasteiger charge is 2.22. The van der Waals surface area contributed by atoms with Crippen molar-refractivity contribution in [3.63, 3.8) is 0 Å². The fraction of sp³-hybridized carbons (Fsp3) is 0.625. The van der Waals surface area contributed by atoms with Gasteiger partial charge in [0.2, 0.25) is 0 Å². The Morgan fingerprint density at radius 1 is 1.33 bits per heavy atom. The molecule has 2 heterocycles. The highest BCUT2D eigenvalue weighted by atomic mass is 16.3. The molecule has 2 N–H and O–H groups in total. The van der Waals surface area contributed by atoms with E-state index in [-0.39, 0.29) is 0 Å². The van der Waals surface area contributed by atoms with Gasteiger partial charge in [-0.05, 0) is 31.2 Å². The Morgan fingerprint density at radius 3 is 2.67 bits per heavy atom. The fourth-order valence-corrected chi connectivity index (χ4v) is 2.59. The molecular formula is C16H26N4O. The lowest BCUT2D eigenvalue weighted by Gasteiger charge is -2.25. The standard InChI is InChI=1S/C16H26N4O/c1-11(2)9-16(5,21)10-18-15-14-8-13(12(3)4)19-20(14)7-6-17-15/h6-8,11-12,21H,9-10H2,1-5H3,(H,17,18). The van der Waals surface area contributed by atoms with Gasteiger partial charge in [-0.25, -0.2) is 9.50 Å². The van der Waals surface area contributed by atoms with Crippen LogP contribution in [0.1, 0.15) is 52.7 Å². The molecule has 0 fully saturated rings. The van der Waals surface area contributed by atoms with E-state index in [1.165, 1.54) is 0 Å². The van der Waals surface area contributed by atoms with Crippen LogP contribution in [-0.2, 0) is 0 Å². The summed E-state index contributed by atoms with van der Waals surface area (Å²) in [4.78, 5) is 4.38. The van der Waals surface area contributed by atoms with Crippen LogP contribution in [0.15, 0.2) is 18.5 Å². The van der Waals surface area contributed by atoms with E-state index >= 15 is 0 Å². The van der Waals surface area contributed by atoms with Crippen LogP contribution in [0, 0.1) is 5.92 Å². The summed E-state index contributed by atoms with van der Waals surface area (Å²) in [5.74, 6) is 1.59. The quantitative estimate of drug-likeness (QED) is 0.858. The normalized spacial score (nSPS) is 14.9. The van der Waals surface area contributed by atoms with Gasteiger partial charge in [-0.3, -0.25) is 0 Å². The molecule has 1 atom stereocenters. The third-order valence-electron chi connectivity index (χ3n) is 3.48. The van der Waals surface area contributed by atoms with Crippen molar-refractivity contribution in [3.05, 3.63) is 24.2 Å². The van der Waals surface area contributed by atoms with E-state index in [4.69, 9.17) is 0 Å². The molecule has 0 saturated heterocycles. The van der Waals surface area contributed by atoms with Crippen LogP contribution in [-0.4, -0.2) is 31.9 Å². The summed E-state index contributed by atoms with van der Waals surface area (Å²) in [5.41, 5.74) is 1.24. The van der Waals surface area contributed by atoms with E-state index in [9.17, 15) is 5.11 Å². The van der Waals surface area contributed by atoms with Crippen molar-refractivity contribution in [2.24, 2.45) is 5.92 Å². The molecule has 0 saturated carbocycles. The molecular weight excluding hydrogens is 264 g/mol. The number of aliphatic hydroxyl groups is 1. The Balaban J connectivity index is 2.18. The number of nitrogens with zero attached hydrogens (tertiary/aromatic N) is 3. The maximum absolute atomic E-state index is 10.4. The molecule has 0 aliphatic heterocycles. The minimum absolute atomic E-state index is 0.377. The van der Waals surface area contributed by atoms with Crippen LogP contribution in [0.2, 0.25) is 0 Å². The largest absolute Gasteiger partial charge is 0.388 e. The van der Waals surface area contributed by atoms with E-state index in [0.717, 1.165) is 23.4 Å². The van der Waals surface area contributed by atoms with Crippen LogP contribution < -0.4 is 5.32 Å². The average molecular weight is 290 g/mol. The van der Waals surface area contributed by atoms with E-state index in [0.29, 0.717) is 18.4 Å². The highest BCUT2D eigenvalue weighted by Crippen LogP contribution is 2.22. The van der Waals surface area contributed by atoms with Gasteiger partial charge in [-0.2, -0.15) is 5.10 Å². The number of hydrogen-bond donors (Lipinski definition) is 2. The molecule has 0 radical (unpaired) electrons. The summed E-state index contributed by atoms with van der Waals surface area (Å²) in [7, 11) is 0. The maximum atomic E-state index is 10.4. The number of aromatic nitrogens is 3. The van der Waals surface area contributed by atoms with Gasteiger partial charge in [0.1, 0.15) is 5.52 Å². The molecule has 0 amide bonds. The number of hydrogen-bond acceptors (Lipinski definition) is 4. The van der Waals surface area contributed by atoms with Gasteiger partial charge in [0.25, 0.3) is 0 Å². The molecule has 21 heavy (non-hydrogen) atoms. The number of fused-ring (bicyclic) bond motifs is 1. The van der Waals surface area contributed by atoms with Crippen molar-refractivity contribution in [2.45, 2.75) is 52.6 Å². The molecule has 0 spiro atoms. The van der Waals surface area contributed by atoms with Crippen LogP contribution in [0.4, 0.5) is 5.82 Å². The average Bonchev–Trinajstić information content (AvgIpc) is 2.79. The zero-order valence-corrected chi connectivity index (χ0v) is 13.6. The summed E-state index contributed by atoms with van der Waals surface area (Å²) < 4.78 is 1.84. The zero-order valence-electron chi connectivity index (χ0n) is 13.6. The van der Waals surface area contributed by atoms with Gasteiger partial charge in [0, 0.05) is 18.9 Å². The second kappa shape index (κ2) is 6.02. The van der Waals surface area contributed by atoms with Crippen LogP contribution in [0.3, 0.4) is 0 Å². The first kappa shape index (κ1) is 15.8. The van der Waals surface area contributed by atoms with Crippen molar-refractivity contribution in [1.82, 2.24) is 14.6 Å². The van der Waals surface area contributed by atoms with Crippen LogP contribution >= 0.6 is 0 Å². The predicted octanol–water partition coefficient (Wildman–Crippen LogP) is 3.06. The topological polar surface area (TPSA) is 62.5 Å². The van der Waals surface area contributed by atoms with Gasteiger partial charge >= 0.3 is 0 Å². The fourth-order valence-electron chi connectivity index (χ4n) is 2.59. The molecule has 2 rings (SSSR count). The van der Waals surface area contributed by atoms with Crippen molar-refractivity contribution >= 4 is 11.3 Å². The smallest absolute Gasteiger partial charge is 0.152 e. The van der Waals surface area contributed by atoms with E-state index in [2.05, 4.69) is 49.2 Å². The first-order chi connectivity index (χ1) is 9.78. The molecule has 5 nitrogen and oxygen atoms in total. The number of rotatable bonds is 6. The van der Waals surface area contributed by atoms with Gasteiger partial charge in [0.15, 0.2) is 5.82 Å². The Kier molecular flexibility index (Phi) is 4.52. The van der Waals surface area contributed by atoms with E-state index in [1.807, 2.05) is 17.6 Å². The number of anilines is 1. The molecule has 0 aromatic carbocycles. The molecule has 2 aromatic rings. The Labute approximate surface area is 126 Å². The van der Waals surface area contributed by atoms with Crippen LogP contribution in [0.25, 0.3) is 5.52 Å². The number of nitrogens with one attached hydrogen (secondary N) is 1. The van der Waals surface area contributed by atoms with Gasteiger partial charge in [-0.15, -0.1) is 0 Å². The summed E-state index contributed by atoms with van der Waals surface area (Å²) in [6, 6.07) is 2.05. The lowest BCUT2D eigenvalue weighted by atomic mass is 9.94. The summed E-state index contributed by atoms with van der Waals surface area (Å²) in [5, 5.41) is 18.2. The maximum Gasteiger partial charge on any atom is 0.152 e. The van der Waals surface area contributed by atoms with E-state index in [1.54, 1.807) is 6.20 Å². The minimum atomic E-state index is -0.746. The first-order valence-electron chi connectivity index (χ1n) is 7.59. The monoisotopic (exact) mass is 290 g/mol. The third-order valence-corrected chi connectivity index (χ3v) is 3.48. The van der Waals surface area contributed by atoms with Gasteiger partial charge in [-0.1, -0.05) is 27.7 Å². The zero-order chi connectivity index (χ0) is 15.6. The third kappa shape index (κ3) is 3.94. The second-order valence-corrected chi connectivity index (χ2v) is 6.78. The molecule has 5 heteroatoms. The first-order valence-corrected chi connectivity index (χ1v) is 7.59. The predicted molar refractivity (Wildman–Crippen MR) is 85.6 cm³/mol. The lowest BCUT2D eigenvalue weighted by molar-refractivity contribution is 0.0515. The van der Waals surface area contributed by atoms with Gasteiger partial charge in [0.05, 0.1) is 11.3 Å². The Bertz CT molecular complexity index is 601. The van der Waals surface area contributed by atoms with E-state index < -0.39 is 5.60 Å². The summed E-state index contributed by atoms with van der Waals surface area (Å²) in [6.45, 7) is 10.8. The SMILES string of the molecule is CC(C)CC(C)(O)CNc1nccn2nc(C(C)C)cc12. The Hall–Kier alpha value is -1.62. The lowest BCUT2D eigenvalue weighted by Crippen LogP contribution is -2.35.